The third-order valence-electron chi connectivity index (χ3n) is 3.08. The zero-order chi connectivity index (χ0) is 12.8. The van der Waals surface area contributed by atoms with Crippen molar-refractivity contribution < 1.29 is 5.11 Å². The van der Waals surface area contributed by atoms with Crippen LogP contribution in [0.3, 0.4) is 0 Å². The molecule has 1 atom stereocenters. The molecule has 0 bridgehead atoms. The lowest BCUT2D eigenvalue weighted by Gasteiger charge is -2.11. The first-order chi connectivity index (χ1) is 8.74. The summed E-state index contributed by atoms with van der Waals surface area (Å²) < 4.78 is 0. The predicted molar refractivity (Wildman–Crippen MR) is 75.4 cm³/mol. The average Bonchev–Trinajstić information content (AvgIpc) is 2.40. The van der Waals surface area contributed by atoms with E-state index in [2.05, 4.69) is 37.6 Å². The first kappa shape index (κ1) is 12.7. The Kier molecular flexibility index (Phi) is 4.40. The largest absolute Gasteiger partial charge is 0.508 e. The van der Waals surface area contributed by atoms with Crippen molar-refractivity contribution in [2.75, 3.05) is 0 Å². The van der Waals surface area contributed by atoms with Gasteiger partial charge in [-0.05, 0) is 48.4 Å². The fraction of sp³-hybridized carbons (Fsp3) is 0.235. The summed E-state index contributed by atoms with van der Waals surface area (Å²) in [6.45, 7) is 2.26. The van der Waals surface area contributed by atoms with Crippen molar-refractivity contribution in [3.8, 4) is 5.75 Å². The maximum absolute atomic E-state index is 9.24. The summed E-state index contributed by atoms with van der Waals surface area (Å²) in [5.41, 5.74) is 2.57. The second-order valence-corrected chi connectivity index (χ2v) is 4.83. The van der Waals surface area contributed by atoms with Crippen LogP contribution in [0.1, 0.15) is 24.5 Å². The highest BCUT2D eigenvalue weighted by molar-refractivity contribution is 5.26. The molecular formula is C17H19O. The number of hydrogen-bond donors (Lipinski definition) is 1. The Balaban J connectivity index is 1.82. The Hall–Kier alpha value is -1.76. The van der Waals surface area contributed by atoms with Gasteiger partial charge in [-0.2, -0.15) is 0 Å². The molecule has 0 aliphatic rings. The summed E-state index contributed by atoms with van der Waals surface area (Å²) >= 11 is 0. The van der Waals surface area contributed by atoms with Gasteiger partial charge in [0.1, 0.15) is 5.75 Å². The molecule has 18 heavy (non-hydrogen) atoms. The topological polar surface area (TPSA) is 20.2 Å². The molecule has 1 N–H and O–H groups in total. The Labute approximate surface area is 109 Å². The number of phenolic OH excluding ortho intramolecular Hbond substituents is 1. The van der Waals surface area contributed by atoms with E-state index < -0.39 is 0 Å². The van der Waals surface area contributed by atoms with Crippen LogP contribution in [-0.2, 0) is 6.42 Å². The lowest BCUT2D eigenvalue weighted by atomic mass is 9.94. The molecule has 2 rings (SSSR count). The average molecular weight is 239 g/mol. The minimum atomic E-state index is 0.335. The SMILES string of the molecule is C[C@H](C[CH]c1ccccc1)Cc1ccc(O)cc1. The highest BCUT2D eigenvalue weighted by atomic mass is 16.3. The van der Waals surface area contributed by atoms with Gasteiger partial charge in [-0.1, -0.05) is 49.4 Å². The van der Waals surface area contributed by atoms with Crippen molar-refractivity contribution in [1.82, 2.24) is 0 Å². The number of hydrogen-bond acceptors (Lipinski definition) is 1. The summed E-state index contributed by atoms with van der Waals surface area (Å²) in [4.78, 5) is 0. The molecule has 0 heterocycles. The maximum atomic E-state index is 9.24. The van der Waals surface area contributed by atoms with Crippen LogP contribution in [0.4, 0.5) is 0 Å². The maximum Gasteiger partial charge on any atom is 0.115 e. The van der Waals surface area contributed by atoms with Gasteiger partial charge in [-0.15, -0.1) is 0 Å². The highest BCUT2D eigenvalue weighted by Crippen LogP contribution is 2.18. The van der Waals surface area contributed by atoms with Crippen LogP contribution >= 0.6 is 0 Å². The Bertz CT molecular complexity index is 459. The smallest absolute Gasteiger partial charge is 0.115 e. The molecule has 2 aromatic rings. The first-order valence-electron chi connectivity index (χ1n) is 6.40. The van der Waals surface area contributed by atoms with Crippen molar-refractivity contribution in [2.45, 2.75) is 19.8 Å². The summed E-state index contributed by atoms with van der Waals surface area (Å²) in [5, 5.41) is 9.24. The summed E-state index contributed by atoms with van der Waals surface area (Å²) in [5.74, 6) is 0.942. The molecule has 0 unspecified atom stereocenters. The van der Waals surface area contributed by atoms with Gasteiger partial charge in [0.05, 0.1) is 0 Å². The van der Waals surface area contributed by atoms with Gasteiger partial charge in [0.15, 0.2) is 0 Å². The van der Waals surface area contributed by atoms with Gasteiger partial charge in [-0.3, -0.25) is 0 Å². The van der Waals surface area contributed by atoms with Crippen molar-refractivity contribution >= 4 is 0 Å². The number of benzene rings is 2. The first-order valence-corrected chi connectivity index (χ1v) is 6.40. The normalized spacial score (nSPS) is 12.3. The van der Waals surface area contributed by atoms with E-state index in [0.717, 1.165) is 12.8 Å². The van der Waals surface area contributed by atoms with E-state index in [9.17, 15) is 5.11 Å². The van der Waals surface area contributed by atoms with Crippen LogP contribution in [0.5, 0.6) is 5.75 Å². The van der Waals surface area contributed by atoms with E-state index in [4.69, 9.17) is 0 Å². The standard InChI is InChI=1S/C17H19O/c1-14(7-8-15-5-3-2-4-6-15)13-16-9-11-17(18)12-10-16/h2-6,8-12,14,18H,7,13H2,1H3/t14-/m1/s1. The van der Waals surface area contributed by atoms with E-state index in [1.165, 1.54) is 11.1 Å². The lowest BCUT2D eigenvalue weighted by molar-refractivity contribution is 0.474. The van der Waals surface area contributed by atoms with Crippen molar-refractivity contribution in [2.24, 2.45) is 5.92 Å². The van der Waals surface area contributed by atoms with E-state index >= 15 is 0 Å². The number of aromatic hydroxyl groups is 1. The second kappa shape index (κ2) is 6.25. The van der Waals surface area contributed by atoms with Gasteiger partial charge in [0.2, 0.25) is 0 Å². The molecule has 0 amide bonds. The number of rotatable bonds is 5. The predicted octanol–water partition coefficient (Wildman–Crippen LogP) is 4.21. The fourth-order valence-electron chi connectivity index (χ4n) is 2.04. The Morgan fingerprint density at radius 2 is 1.67 bits per heavy atom. The molecule has 0 fully saturated rings. The lowest BCUT2D eigenvalue weighted by Crippen LogP contribution is -2.00. The molecule has 0 aliphatic carbocycles. The minimum absolute atomic E-state index is 0.335. The van der Waals surface area contributed by atoms with Crippen molar-refractivity contribution in [3.05, 3.63) is 72.1 Å². The van der Waals surface area contributed by atoms with Gasteiger partial charge in [0, 0.05) is 0 Å². The van der Waals surface area contributed by atoms with Gasteiger partial charge >= 0.3 is 0 Å². The van der Waals surface area contributed by atoms with E-state index in [1.807, 2.05) is 18.2 Å². The molecular weight excluding hydrogens is 220 g/mol. The van der Waals surface area contributed by atoms with Crippen molar-refractivity contribution in [1.29, 1.82) is 0 Å². The molecule has 0 aliphatic heterocycles. The van der Waals surface area contributed by atoms with Crippen LogP contribution in [0.25, 0.3) is 0 Å². The zero-order valence-electron chi connectivity index (χ0n) is 10.7. The second-order valence-electron chi connectivity index (χ2n) is 4.83. The molecule has 1 nitrogen and oxygen atoms in total. The Morgan fingerprint density at radius 3 is 2.33 bits per heavy atom. The van der Waals surface area contributed by atoms with Crippen LogP contribution in [0.2, 0.25) is 0 Å². The molecule has 0 aromatic heterocycles. The third-order valence-corrected chi connectivity index (χ3v) is 3.08. The van der Waals surface area contributed by atoms with Gasteiger partial charge in [0.25, 0.3) is 0 Å². The third kappa shape index (κ3) is 3.92. The van der Waals surface area contributed by atoms with E-state index in [0.29, 0.717) is 11.7 Å². The molecule has 1 radical (unpaired) electrons. The van der Waals surface area contributed by atoms with Crippen LogP contribution < -0.4 is 0 Å². The molecule has 0 saturated carbocycles. The van der Waals surface area contributed by atoms with Gasteiger partial charge < -0.3 is 5.11 Å². The quantitative estimate of drug-likeness (QED) is 0.828. The van der Waals surface area contributed by atoms with E-state index in [1.54, 1.807) is 12.1 Å². The van der Waals surface area contributed by atoms with Gasteiger partial charge in [-0.25, -0.2) is 0 Å². The van der Waals surface area contributed by atoms with Crippen molar-refractivity contribution in [3.63, 3.8) is 0 Å². The van der Waals surface area contributed by atoms with Crippen LogP contribution in [0.15, 0.2) is 54.6 Å². The summed E-state index contributed by atoms with van der Waals surface area (Å²) in [6.07, 6.45) is 4.40. The molecule has 0 saturated heterocycles. The number of phenols is 1. The molecule has 93 valence electrons. The summed E-state index contributed by atoms with van der Waals surface area (Å²) in [6, 6.07) is 17.9. The Morgan fingerprint density at radius 1 is 1.00 bits per heavy atom. The monoisotopic (exact) mass is 239 g/mol. The molecule has 0 spiro atoms. The summed E-state index contributed by atoms with van der Waals surface area (Å²) in [7, 11) is 0. The van der Waals surface area contributed by atoms with Crippen LogP contribution in [-0.4, -0.2) is 5.11 Å². The zero-order valence-corrected chi connectivity index (χ0v) is 10.7. The molecule has 2 aromatic carbocycles. The van der Waals surface area contributed by atoms with E-state index in [-0.39, 0.29) is 0 Å². The fourth-order valence-corrected chi connectivity index (χ4v) is 2.04. The highest BCUT2D eigenvalue weighted by Gasteiger charge is 2.04. The molecule has 1 heteroatoms. The minimum Gasteiger partial charge on any atom is -0.508 e. The van der Waals surface area contributed by atoms with Crippen LogP contribution in [0, 0.1) is 12.3 Å².